The summed E-state index contributed by atoms with van der Waals surface area (Å²) >= 11 is 0. The van der Waals surface area contributed by atoms with Gasteiger partial charge in [-0.3, -0.25) is 9.59 Å². The van der Waals surface area contributed by atoms with E-state index in [2.05, 4.69) is 56.3 Å². The first kappa shape index (κ1) is 29.2. The van der Waals surface area contributed by atoms with E-state index in [-0.39, 0.29) is 12.4 Å². The average Bonchev–Trinajstić information content (AvgIpc) is 2.76. The molecule has 0 bridgehead atoms. The molecule has 0 saturated heterocycles. The Hall–Kier alpha value is -1.79. The summed E-state index contributed by atoms with van der Waals surface area (Å²) < 4.78 is 0.991. The van der Waals surface area contributed by atoms with Crippen molar-refractivity contribution >= 4 is 18.5 Å². The molecule has 1 rings (SSSR count). The lowest BCUT2D eigenvalue weighted by Gasteiger charge is -2.37. The van der Waals surface area contributed by atoms with E-state index in [1.54, 1.807) is 9.80 Å². The van der Waals surface area contributed by atoms with Gasteiger partial charge < -0.3 is 31.6 Å². The largest absolute Gasteiger partial charge is 1.00 e. The molecular formula is C24H43ClN4O2. The van der Waals surface area contributed by atoms with E-state index >= 15 is 0 Å². The van der Waals surface area contributed by atoms with Crippen molar-refractivity contribution in [3.8, 4) is 0 Å². The van der Waals surface area contributed by atoms with Gasteiger partial charge in [0.05, 0.1) is 26.7 Å². The highest BCUT2D eigenvalue weighted by Crippen LogP contribution is 2.19. The predicted octanol–water partition coefficient (Wildman–Crippen LogP) is -0.0537. The van der Waals surface area contributed by atoms with Crippen molar-refractivity contribution in [1.29, 1.82) is 0 Å². The molecule has 31 heavy (non-hydrogen) atoms. The van der Waals surface area contributed by atoms with Gasteiger partial charge in [0, 0.05) is 65.7 Å². The van der Waals surface area contributed by atoms with E-state index in [9.17, 15) is 9.59 Å². The summed E-state index contributed by atoms with van der Waals surface area (Å²) in [5, 5.41) is 0. The fourth-order valence-corrected chi connectivity index (χ4v) is 3.94. The van der Waals surface area contributed by atoms with Gasteiger partial charge in [0.15, 0.2) is 0 Å². The highest BCUT2D eigenvalue weighted by Gasteiger charge is 2.23. The number of rotatable bonds is 17. The van der Waals surface area contributed by atoms with Crippen molar-refractivity contribution in [1.82, 2.24) is 9.80 Å². The number of anilines is 1. The van der Waals surface area contributed by atoms with Gasteiger partial charge >= 0.3 is 0 Å². The zero-order chi connectivity index (χ0) is 22.4. The SMILES string of the molecule is CCC(CC[N+](C)(CCCN(C)C=O)CCCN(C)C=O)CN(C)c1ccccc1.[Cl-]. The number of para-hydroxylation sites is 1. The van der Waals surface area contributed by atoms with Crippen LogP contribution in [0.2, 0.25) is 0 Å². The summed E-state index contributed by atoms with van der Waals surface area (Å²) in [7, 11) is 8.18. The van der Waals surface area contributed by atoms with Crippen molar-refractivity contribution in [2.24, 2.45) is 5.92 Å². The maximum atomic E-state index is 10.9. The molecule has 0 spiro atoms. The minimum atomic E-state index is 0. The van der Waals surface area contributed by atoms with Gasteiger partial charge in [0.25, 0.3) is 0 Å². The van der Waals surface area contributed by atoms with E-state index in [0.29, 0.717) is 5.92 Å². The van der Waals surface area contributed by atoms with Crippen LogP contribution in [0.1, 0.15) is 32.6 Å². The summed E-state index contributed by atoms with van der Waals surface area (Å²) in [6, 6.07) is 10.6. The molecule has 0 saturated carbocycles. The fraction of sp³-hybridized carbons (Fsp3) is 0.667. The second-order valence-electron chi connectivity index (χ2n) is 8.95. The van der Waals surface area contributed by atoms with Crippen LogP contribution in [0.4, 0.5) is 5.69 Å². The first-order chi connectivity index (χ1) is 14.3. The third kappa shape index (κ3) is 12.0. The lowest BCUT2D eigenvalue weighted by molar-refractivity contribution is -0.910. The first-order valence-electron chi connectivity index (χ1n) is 11.2. The van der Waals surface area contributed by atoms with E-state index in [4.69, 9.17) is 0 Å². The van der Waals surface area contributed by atoms with Gasteiger partial charge in [-0.2, -0.15) is 0 Å². The quantitative estimate of drug-likeness (QED) is 0.245. The van der Waals surface area contributed by atoms with Crippen LogP contribution in [-0.4, -0.2) is 94.6 Å². The zero-order valence-corrected chi connectivity index (χ0v) is 20.9. The molecule has 0 aromatic heterocycles. The second kappa shape index (κ2) is 15.9. The minimum absolute atomic E-state index is 0. The van der Waals surface area contributed by atoms with Crippen LogP contribution in [0.25, 0.3) is 0 Å². The van der Waals surface area contributed by atoms with Crippen LogP contribution < -0.4 is 17.3 Å². The molecule has 178 valence electrons. The van der Waals surface area contributed by atoms with Crippen LogP contribution in [0.3, 0.4) is 0 Å². The summed E-state index contributed by atoms with van der Waals surface area (Å²) in [6.07, 6.45) is 6.13. The van der Waals surface area contributed by atoms with Gasteiger partial charge in [-0.1, -0.05) is 31.5 Å². The summed E-state index contributed by atoms with van der Waals surface area (Å²) in [5.74, 6) is 0.642. The normalized spacial score (nSPS) is 11.9. The molecule has 2 amide bonds. The number of halogens is 1. The highest BCUT2D eigenvalue weighted by atomic mass is 35.5. The van der Waals surface area contributed by atoms with E-state index in [1.807, 2.05) is 14.1 Å². The van der Waals surface area contributed by atoms with E-state index in [0.717, 1.165) is 69.4 Å². The molecule has 7 heteroatoms. The number of carbonyl (C=O) groups is 2. The van der Waals surface area contributed by atoms with Gasteiger partial charge in [0.1, 0.15) is 0 Å². The molecule has 1 aromatic carbocycles. The van der Waals surface area contributed by atoms with Crippen molar-refractivity contribution in [2.45, 2.75) is 32.6 Å². The third-order valence-corrected chi connectivity index (χ3v) is 6.16. The number of amides is 2. The highest BCUT2D eigenvalue weighted by molar-refractivity contribution is 5.46. The minimum Gasteiger partial charge on any atom is -1.00 e. The Kier molecular flexibility index (Phi) is 15.0. The molecule has 1 atom stereocenters. The number of hydrogen-bond acceptors (Lipinski definition) is 3. The monoisotopic (exact) mass is 454 g/mol. The summed E-state index contributed by atoms with van der Waals surface area (Å²) in [4.78, 5) is 27.6. The fourth-order valence-electron chi connectivity index (χ4n) is 3.94. The molecule has 0 aliphatic heterocycles. The van der Waals surface area contributed by atoms with Crippen LogP contribution >= 0.6 is 0 Å². The van der Waals surface area contributed by atoms with Crippen molar-refractivity contribution < 1.29 is 26.5 Å². The molecule has 0 aliphatic rings. The maximum Gasteiger partial charge on any atom is 0.209 e. The second-order valence-corrected chi connectivity index (χ2v) is 8.95. The smallest absolute Gasteiger partial charge is 0.209 e. The van der Waals surface area contributed by atoms with Gasteiger partial charge in [-0.05, 0) is 18.1 Å². The lowest BCUT2D eigenvalue weighted by atomic mass is 10.00. The van der Waals surface area contributed by atoms with E-state index in [1.165, 1.54) is 18.5 Å². The maximum absolute atomic E-state index is 10.9. The zero-order valence-electron chi connectivity index (χ0n) is 20.2. The van der Waals surface area contributed by atoms with Crippen LogP contribution in [0.15, 0.2) is 30.3 Å². The summed E-state index contributed by atoms with van der Waals surface area (Å²) in [6.45, 7) is 8.14. The van der Waals surface area contributed by atoms with Gasteiger partial charge in [0.2, 0.25) is 12.8 Å². The lowest BCUT2D eigenvalue weighted by Crippen LogP contribution is -3.00. The van der Waals surface area contributed by atoms with Crippen molar-refractivity contribution in [2.75, 3.05) is 72.4 Å². The standard InChI is InChI=1S/C24H43N4O2.ClH/c1-6-23(20-27(4)24-12-8-7-9-13-24)14-19-28(5,17-10-15-25(2)21-29)18-11-16-26(3)22-30;/h7-9,12-13,21-23H,6,10-11,14-20H2,1-5H3;1H/q+1;/p-1. The number of benzene rings is 1. The Morgan fingerprint density at radius 2 is 1.42 bits per heavy atom. The Morgan fingerprint density at radius 1 is 0.903 bits per heavy atom. The number of carbonyl (C=O) groups excluding carboxylic acids is 2. The molecule has 0 radical (unpaired) electrons. The van der Waals surface area contributed by atoms with Gasteiger partial charge in [-0.15, -0.1) is 0 Å². The topological polar surface area (TPSA) is 43.9 Å². The first-order valence-corrected chi connectivity index (χ1v) is 11.2. The van der Waals surface area contributed by atoms with Crippen molar-refractivity contribution in [3.05, 3.63) is 30.3 Å². The number of hydrogen-bond donors (Lipinski definition) is 0. The Balaban J connectivity index is 0.00000900. The van der Waals surface area contributed by atoms with E-state index < -0.39 is 0 Å². The molecule has 1 unspecified atom stereocenters. The molecule has 0 fully saturated rings. The third-order valence-electron chi connectivity index (χ3n) is 6.16. The average molecular weight is 455 g/mol. The molecule has 1 aromatic rings. The van der Waals surface area contributed by atoms with Crippen LogP contribution in [0.5, 0.6) is 0 Å². The molecule has 0 aliphatic carbocycles. The Labute approximate surface area is 196 Å². The Bertz CT molecular complexity index is 583. The van der Waals surface area contributed by atoms with Gasteiger partial charge in [-0.25, -0.2) is 0 Å². The Morgan fingerprint density at radius 3 is 1.87 bits per heavy atom. The number of nitrogens with zero attached hydrogens (tertiary/aromatic N) is 4. The molecule has 6 nitrogen and oxygen atoms in total. The summed E-state index contributed by atoms with van der Waals surface area (Å²) in [5.41, 5.74) is 1.27. The van der Waals surface area contributed by atoms with Crippen LogP contribution in [-0.2, 0) is 9.59 Å². The molecule has 0 N–H and O–H groups in total. The molecule has 0 heterocycles. The predicted molar refractivity (Wildman–Crippen MR) is 126 cm³/mol. The van der Waals surface area contributed by atoms with Crippen LogP contribution in [0, 0.1) is 5.92 Å². The van der Waals surface area contributed by atoms with Crippen molar-refractivity contribution in [3.63, 3.8) is 0 Å². The molecular weight excluding hydrogens is 412 g/mol. The number of quaternary nitrogens is 1.